The number of benzene rings is 1. The fourth-order valence-corrected chi connectivity index (χ4v) is 2.72. The predicted octanol–water partition coefficient (Wildman–Crippen LogP) is 3.43. The van der Waals surface area contributed by atoms with Crippen LogP contribution in [-0.2, 0) is 13.0 Å². The molecule has 2 heterocycles. The molecule has 5 heteroatoms. The highest BCUT2D eigenvalue weighted by Gasteiger charge is 2.17. The van der Waals surface area contributed by atoms with Gasteiger partial charge in [0.05, 0.1) is 10.7 Å². The molecule has 1 aliphatic rings. The third kappa shape index (κ3) is 2.56. The number of nitrogens with zero attached hydrogens (tertiary/aromatic N) is 2. The van der Waals surface area contributed by atoms with E-state index in [1.165, 1.54) is 0 Å². The molecule has 1 N–H and O–H groups in total. The largest absolute Gasteiger partial charge is 0.319 e. The molecular formula is C15H16ClN3O. The Hall–Kier alpha value is -1.81. The minimum Gasteiger partial charge on any atom is -0.319 e. The van der Waals surface area contributed by atoms with Gasteiger partial charge in [-0.05, 0) is 49.9 Å². The van der Waals surface area contributed by atoms with Crippen LogP contribution in [0, 0.1) is 6.92 Å². The molecule has 0 fully saturated rings. The number of anilines is 1. The molecule has 0 bridgehead atoms. The first kappa shape index (κ1) is 13.2. The van der Waals surface area contributed by atoms with Crippen LogP contribution in [0.5, 0.6) is 0 Å². The van der Waals surface area contributed by atoms with Crippen molar-refractivity contribution in [3.63, 3.8) is 0 Å². The Morgan fingerprint density at radius 2 is 2.20 bits per heavy atom. The molecule has 1 aliphatic heterocycles. The summed E-state index contributed by atoms with van der Waals surface area (Å²) in [6.45, 7) is 2.86. The van der Waals surface area contributed by atoms with Crippen LogP contribution in [0.1, 0.15) is 34.6 Å². The predicted molar refractivity (Wildman–Crippen MR) is 79.3 cm³/mol. The minimum absolute atomic E-state index is 0.211. The SMILES string of the molecule is Cc1ccc(NC(=O)c2cc3n(n2)CCCC3)c(Cl)c1. The Morgan fingerprint density at radius 3 is 2.95 bits per heavy atom. The molecule has 1 amide bonds. The van der Waals surface area contributed by atoms with E-state index >= 15 is 0 Å². The number of rotatable bonds is 2. The zero-order valence-electron chi connectivity index (χ0n) is 11.3. The first-order chi connectivity index (χ1) is 9.63. The van der Waals surface area contributed by atoms with Crippen LogP contribution in [-0.4, -0.2) is 15.7 Å². The summed E-state index contributed by atoms with van der Waals surface area (Å²) >= 11 is 6.12. The fraction of sp³-hybridized carbons (Fsp3) is 0.333. The average Bonchev–Trinajstić information content (AvgIpc) is 2.86. The lowest BCUT2D eigenvalue weighted by Crippen LogP contribution is -2.14. The Bertz CT molecular complexity index is 640. The number of hydrogen-bond donors (Lipinski definition) is 1. The third-order valence-corrected chi connectivity index (χ3v) is 3.83. The van der Waals surface area contributed by atoms with E-state index in [9.17, 15) is 4.79 Å². The molecule has 1 aromatic heterocycles. The molecule has 1 aromatic carbocycles. The number of fused-ring (bicyclic) bond motifs is 1. The van der Waals surface area contributed by atoms with Gasteiger partial charge in [-0.15, -0.1) is 0 Å². The van der Waals surface area contributed by atoms with Crippen LogP contribution in [0.25, 0.3) is 0 Å². The summed E-state index contributed by atoms with van der Waals surface area (Å²) in [5.74, 6) is -0.211. The fourth-order valence-electron chi connectivity index (χ4n) is 2.44. The van der Waals surface area contributed by atoms with E-state index in [4.69, 9.17) is 11.6 Å². The number of halogens is 1. The normalized spacial score (nSPS) is 13.9. The summed E-state index contributed by atoms with van der Waals surface area (Å²) in [6.07, 6.45) is 3.28. The van der Waals surface area contributed by atoms with E-state index in [1.54, 1.807) is 0 Å². The highest BCUT2D eigenvalue weighted by molar-refractivity contribution is 6.34. The van der Waals surface area contributed by atoms with Crippen molar-refractivity contribution in [2.24, 2.45) is 0 Å². The van der Waals surface area contributed by atoms with Crippen molar-refractivity contribution in [1.29, 1.82) is 0 Å². The van der Waals surface area contributed by atoms with Crippen LogP contribution in [0.2, 0.25) is 5.02 Å². The van der Waals surface area contributed by atoms with Gasteiger partial charge in [-0.3, -0.25) is 9.48 Å². The van der Waals surface area contributed by atoms with Crippen molar-refractivity contribution >= 4 is 23.2 Å². The van der Waals surface area contributed by atoms with E-state index in [-0.39, 0.29) is 5.91 Å². The summed E-state index contributed by atoms with van der Waals surface area (Å²) in [7, 11) is 0. The Kier molecular flexibility index (Phi) is 3.49. The third-order valence-electron chi connectivity index (χ3n) is 3.52. The maximum absolute atomic E-state index is 12.2. The molecule has 20 heavy (non-hydrogen) atoms. The molecule has 104 valence electrons. The lowest BCUT2D eigenvalue weighted by molar-refractivity contribution is 0.102. The second kappa shape index (κ2) is 5.29. The highest BCUT2D eigenvalue weighted by atomic mass is 35.5. The monoisotopic (exact) mass is 289 g/mol. The van der Waals surface area contributed by atoms with Gasteiger partial charge in [0.1, 0.15) is 0 Å². The molecule has 4 nitrogen and oxygen atoms in total. The Morgan fingerprint density at radius 1 is 1.35 bits per heavy atom. The van der Waals surface area contributed by atoms with Crippen molar-refractivity contribution in [1.82, 2.24) is 9.78 Å². The lowest BCUT2D eigenvalue weighted by Gasteiger charge is -2.11. The van der Waals surface area contributed by atoms with Crippen molar-refractivity contribution in [3.05, 3.63) is 46.2 Å². The maximum Gasteiger partial charge on any atom is 0.276 e. The van der Waals surface area contributed by atoms with Crippen molar-refractivity contribution in [2.45, 2.75) is 32.7 Å². The molecule has 2 aromatic rings. The van der Waals surface area contributed by atoms with E-state index in [1.807, 2.05) is 35.9 Å². The number of carbonyl (C=O) groups is 1. The van der Waals surface area contributed by atoms with Gasteiger partial charge in [0, 0.05) is 12.2 Å². The van der Waals surface area contributed by atoms with Gasteiger partial charge in [-0.1, -0.05) is 17.7 Å². The van der Waals surface area contributed by atoms with Crippen LogP contribution in [0.3, 0.4) is 0 Å². The van der Waals surface area contributed by atoms with Crippen LogP contribution in [0.4, 0.5) is 5.69 Å². The number of nitrogens with one attached hydrogen (secondary N) is 1. The topological polar surface area (TPSA) is 46.9 Å². The second-order valence-corrected chi connectivity index (χ2v) is 5.55. The van der Waals surface area contributed by atoms with Crippen molar-refractivity contribution in [3.8, 4) is 0 Å². The molecule has 0 saturated heterocycles. The number of aryl methyl sites for hydroxylation is 3. The molecule has 0 unspecified atom stereocenters. The molecule has 0 saturated carbocycles. The second-order valence-electron chi connectivity index (χ2n) is 5.14. The van der Waals surface area contributed by atoms with Crippen molar-refractivity contribution in [2.75, 3.05) is 5.32 Å². The highest BCUT2D eigenvalue weighted by Crippen LogP contribution is 2.23. The van der Waals surface area contributed by atoms with E-state index < -0.39 is 0 Å². The molecule has 0 aliphatic carbocycles. The van der Waals surface area contributed by atoms with Gasteiger partial charge in [0.15, 0.2) is 5.69 Å². The minimum atomic E-state index is -0.211. The molecule has 3 rings (SSSR count). The first-order valence-electron chi connectivity index (χ1n) is 6.78. The van der Waals surface area contributed by atoms with Gasteiger partial charge < -0.3 is 5.32 Å². The van der Waals surface area contributed by atoms with E-state index in [2.05, 4.69) is 10.4 Å². The lowest BCUT2D eigenvalue weighted by atomic mass is 10.1. The summed E-state index contributed by atoms with van der Waals surface area (Å²) in [6, 6.07) is 7.43. The summed E-state index contributed by atoms with van der Waals surface area (Å²) < 4.78 is 1.93. The van der Waals surface area contributed by atoms with E-state index in [0.29, 0.717) is 16.4 Å². The van der Waals surface area contributed by atoms with Gasteiger partial charge >= 0.3 is 0 Å². The van der Waals surface area contributed by atoms with Gasteiger partial charge in [0.2, 0.25) is 0 Å². The van der Waals surface area contributed by atoms with Gasteiger partial charge in [0.25, 0.3) is 5.91 Å². The quantitative estimate of drug-likeness (QED) is 0.920. The molecule has 0 radical (unpaired) electrons. The maximum atomic E-state index is 12.2. The zero-order chi connectivity index (χ0) is 14.1. The molecule has 0 spiro atoms. The van der Waals surface area contributed by atoms with Gasteiger partial charge in [-0.2, -0.15) is 5.10 Å². The van der Waals surface area contributed by atoms with E-state index in [0.717, 1.165) is 37.1 Å². The summed E-state index contributed by atoms with van der Waals surface area (Å²) in [5, 5.41) is 7.72. The summed E-state index contributed by atoms with van der Waals surface area (Å²) in [5.41, 5.74) is 3.27. The molecular weight excluding hydrogens is 274 g/mol. The number of amides is 1. The van der Waals surface area contributed by atoms with Gasteiger partial charge in [-0.25, -0.2) is 0 Å². The zero-order valence-corrected chi connectivity index (χ0v) is 12.1. The molecule has 0 atom stereocenters. The standard InChI is InChI=1S/C15H16ClN3O/c1-10-5-6-13(12(16)8-10)17-15(20)14-9-11-4-2-3-7-19(11)18-14/h5-6,8-9H,2-4,7H2,1H3,(H,17,20). The average molecular weight is 290 g/mol. The number of carbonyl (C=O) groups excluding carboxylic acids is 1. The van der Waals surface area contributed by atoms with Crippen LogP contribution < -0.4 is 5.32 Å². The number of hydrogen-bond acceptors (Lipinski definition) is 2. The van der Waals surface area contributed by atoms with Crippen LogP contribution >= 0.6 is 11.6 Å². The van der Waals surface area contributed by atoms with Crippen molar-refractivity contribution < 1.29 is 4.79 Å². The Labute approximate surface area is 122 Å². The Balaban J connectivity index is 1.80. The number of aromatic nitrogens is 2. The smallest absolute Gasteiger partial charge is 0.276 e. The summed E-state index contributed by atoms with van der Waals surface area (Å²) in [4.78, 5) is 12.2. The van der Waals surface area contributed by atoms with Crippen LogP contribution in [0.15, 0.2) is 24.3 Å². The first-order valence-corrected chi connectivity index (χ1v) is 7.15.